The van der Waals surface area contributed by atoms with E-state index in [1.54, 1.807) is 13.8 Å². The molecule has 1 amide bonds. The third-order valence-electron chi connectivity index (χ3n) is 3.07. The van der Waals surface area contributed by atoms with E-state index in [-0.39, 0.29) is 5.69 Å². The van der Waals surface area contributed by atoms with Crippen LogP contribution in [-0.4, -0.2) is 16.4 Å². The molecule has 3 N–H and O–H groups in total. The van der Waals surface area contributed by atoms with Gasteiger partial charge in [-0.1, -0.05) is 13.8 Å². The van der Waals surface area contributed by atoms with Crippen molar-refractivity contribution >= 4 is 17.3 Å². The molecule has 0 saturated carbocycles. The first kappa shape index (κ1) is 15.0. The molecule has 104 valence electrons. The summed E-state index contributed by atoms with van der Waals surface area (Å²) in [6.45, 7) is 3.52. The number of carbonyl (C=O) groups excluding carboxylic acids is 1. The summed E-state index contributed by atoms with van der Waals surface area (Å²) in [5.74, 6) is -1.28. The molecule has 0 aliphatic carbocycles. The maximum atomic E-state index is 13.2. The van der Waals surface area contributed by atoms with Crippen LogP contribution in [0.15, 0.2) is 18.2 Å². The average Bonchev–Trinajstić information content (AvgIpc) is 2.36. The highest BCUT2D eigenvalue weighted by atomic mass is 19.1. The van der Waals surface area contributed by atoms with Gasteiger partial charge in [0.05, 0.1) is 22.2 Å². The lowest BCUT2D eigenvalue weighted by Gasteiger charge is -2.25. The van der Waals surface area contributed by atoms with Crippen LogP contribution in [0.4, 0.5) is 15.8 Å². The number of nitrogens with two attached hydrogens (primary N) is 1. The van der Waals surface area contributed by atoms with Crippen molar-refractivity contribution in [1.29, 1.82) is 0 Å². The number of hydrogen-bond donors (Lipinski definition) is 2. The number of carbonyl (C=O) groups is 1. The first-order valence-electron chi connectivity index (χ1n) is 5.87. The number of nitrogens with one attached hydrogen (secondary N) is 1. The van der Waals surface area contributed by atoms with Gasteiger partial charge in [0.2, 0.25) is 5.91 Å². The number of rotatable bonds is 5. The van der Waals surface area contributed by atoms with Crippen molar-refractivity contribution < 1.29 is 14.1 Å². The molecule has 0 bridgehead atoms. The number of amides is 1. The van der Waals surface area contributed by atoms with Crippen LogP contribution in [0.3, 0.4) is 0 Å². The van der Waals surface area contributed by atoms with E-state index in [4.69, 9.17) is 5.73 Å². The molecule has 19 heavy (non-hydrogen) atoms. The summed E-state index contributed by atoms with van der Waals surface area (Å²) >= 11 is 0. The molecular formula is C12H16FN3O3. The Kier molecular flexibility index (Phi) is 4.55. The first-order chi connectivity index (χ1) is 8.82. The van der Waals surface area contributed by atoms with Gasteiger partial charge in [-0.05, 0) is 18.9 Å². The van der Waals surface area contributed by atoms with Crippen LogP contribution >= 0.6 is 0 Å². The Bertz CT molecular complexity index is 501. The monoisotopic (exact) mass is 269 g/mol. The van der Waals surface area contributed by atoms with Gasteiger partial charge in [-0.15, -0.1) is 0 Å². The molecule has 0 aliphatic heterocycles. The van der Waals surface area contributed by atoms with E-state index >= 15 is 0 Å². The molecule has 0 saturated heterocycles. The third kappa shape index (κ3) is 3.47. The number of nitro groups is 1. The van der Waals surface area contributed by atoms with Crippen LogP contribution in [0.25, 0.3) is 0 Å². The minimum atomic E-state index is -1.07. The Morgan fingerprint density at radius 1 is 1.42 bits per heavy atom. The van der Waals surface area contributed by atoms with Crippen molar-refractivity contribution in [3.63, 3.8) is 0 Å². The predicted molar refractivity (Wildman–Crippen MR) is 69.2 cm³/mol. The zero-order chi connectivity index (χ0) is 14.6. The highest BCUT2D eigenvalue weighted by molar-refractivity contribution is 5.98. The summed E-state index contributed by atoms with van der Waals surface area (Å²) in [4.78, 5) is 21.8. The van der Waals surface area contributed by atoms with E-state index in [0.717, 1.165) is 18.2 Å². The fraction of sp³-hybridized carbons (Fsp3) is 0.417. The molecule has 0 atom stereocenters. The van der Waals surface area contributed by atoms with Crippen molar-refractivity contribution in [1.82, 2.24) is 0 Å². The molecule has 7 heteroatoms. The van der Waals surface area contributed by atoms with Gasteiger partial charge in [-0.2, -0.15) is 0 Å². The quantitative estimate of drug-likeness (QED) is 0.632. The molecule has 0 unspecified atom stereocenters. The minimum absolute atomic E-state index is 0.0217. The molecule has 0 fully saturated rings. The van der Waals surface area contributed by atoms with Crippen LogP contribution in [0.1, 0.15) is 26.7 Å². The van der Waals surface area contributed by atoms with Gasteiger partial charge in [0, 0.05) is 6.07 Å². The van der Waals surface area contributed by atoms with Crippen molar-refractivity contribution in [2.24, 2.45) is 5.73 Å². The fourth-order valence-electron chi connectivity index (χ4n) is 1.58. The number of nitro benzene ring substituents is 1. The number of nitrogens with zero attached hydrogens (tertiary/aromatic N) is 1. The Morgan fingerprint density at radius 3 is 2.47 bits per heavy atom. The Balaban J connectivity index is 3.00. The minimum Gasteiger partial charge on any atom is -0.324 e. The third-order valence-corrected chi connectivity index (χ3v) is 3.07. The Labute approximate surface area is 109 Å². The van der Waals surface area contributed by atoms with Crippen LogP contribution in [0, 0.1) is 15.9 Å². The zero-order valence-corrected chi connectivity index (χ0v) is 10.8. The molecule has 0 spiro atoms. The second-order valence-corrected chi connectivity index (χ2v) is 4.27. The molecule has 1 rings (SSSR count). The molecule has 1 aromatic carbocycles. The molecule has 0 aromatic heterocycles. The van der Waals surface area contributed by atoms with E-state index in [9.17, 15) is 19.3 Å². The van der Waals surface area contributed by atoms with Gasteiger partial charge < -0.3 is 11.1 Å². The van der Waals surface area contributed by atoms with Crippen molar-refractivity contribution in [2.75, 3.05) is 5.32 Å². The molecule has 0 heterocycles. The lowest BCUT2D eigenvalue weighted by molar-refractivity contribution is -0.385. The summed E-state index contributed by atoms with van der Waals surface area (Å²) in [6.07, 6.45) is 0.819. The van der Waals surface area contributed by atoms with Gasteiger partial charge in [0.1, 0.15) is 5.82 Å². The van der Waals surface area contributed by atoms with E-state index in [0.29, 0.717) is 12.8 Å². The summed E-state index contributed by atoms with van der Waals surface area (Å²) in [5.41, 5.74) is 4.41. The molecule has 0 aliphatic rings. The predicted octanol–water partition coefficient (Wildman–Crippen LogP) is 2.19. The Hall–Kier alpha value is -2.02. The number of halogens is 1. The largest absolute Gasteiger partial charge is 0.324 e. The fourth-order valence-corrected chi connectivity index (χ4v) is 1.58. The van der Waals surface area contributed by atoms with E-state index in [1.807, 2.05) is 0 Å². The molecule has 6 nitrogen and oxygen atoms in total. The van der Waals surface area contributed by atoms with E-state index in [2.05, 4.69) is 5.32 Å². The number of benzene rings is 1. The van der Waals surface area contributed by atoms with Gasteiger partial charge in [-0.25, -0.2) is 4.39 Å². The summed E-state index contributed by atoms with van der Waals surface area (Å²) in [7, 11) is 0. The smallest absolute Gasteiger partial charge is 0.274 e. The number of anilines is 1. The summed E-state index contributed by atoms with van der Waals surface area (Å²) in [6, 6.07) is 2.88. The van der Waals surface area contributed by atoms with Gasteiger partial charge in [-0.3, -0.25) is 14.9 Å². The van der Waals surface area contributed by atoms with Crippen LogP contribution in [-0.2, 0) is 4.79 Å². The molecule has 0 radical (unpaired) electrons. The highest BCUT2D eigenvalue weighted by Crippen LogP contribution is 2.22. The number of non-ortho nitro benzene ring substituents is 1. The zero-order valence-electron chi connectivity index (χ0n) is 10.8. The molecular weight excluding hydrogens is 253 g/mol. The SMILES string of the molecule is CCC(N)(CC)C(=O)Nc1cc(F)cc([N+](=O)[O-])c1. The van der Waals surface area contributed by atoms with Gasteiger partial charge >= 0.3 is 0 Å². The normalized spacial score (nSPS) is 11.2. The second kappa shape index (κ2) is 5.75. The molecule has 1 aromatic rings. The summed E-state index contributed by atoms with van der Waals surface area (Å²) < 4.78 is 13.2. The lowest BCUT2D eigenvalue weighted by atomic mass is 9.93. The van der Waals surface area contributed by atoms with Gasteiger partial charge in [0.25, 0.3) is 5.69 Å². The number of hydrogen-bond acceptors (Lipinski definition) is 4. The van der Waals surface area contributed by atoms with Crippen LogP contribution < -0.4 is 11.1 Å². The second-order valence-electron chi connectivity index (χ2n) is 4.27. The average molecular weight is 269 g/mol. The van der Waals surface area contributed by atoms with E-state index < -0.39 is 27.9 Å². The topological polar surface area (TPSA) is 98.3 Å². The standard InChI is InChI=1S/C12H16FN3O3/c1-3-12(14,4-2)11(17)15-9-5-8(13)6-10(7-9)16(18)19/h5-7H,3-4,14H2,1-2H3,(H,15,17). The van der Waals surface area contributed by atoms with Crippen LogP contribution in [0.2, 0.25) is 0 Å². The maximum Gasteiger partial charge on any atom is 0.274 e. The first-order valence-corrected chi connectivity index (χ1v) is 5.87. The van der Waals surface area contributed by atoms with Gasteiger partial charge in [0.15, 0.2) is 0 Å². The highest BCUT2D eigenvalue weighted by Gasteiger charge is 2.30. The lowest BCUT2D eigenvalue weighted by Crippen LogP contribution is -2.50. The van der Waals surface area contributed by atoms with Crippen molar-refractivity contribution in [2.45, 2.75) is 32.2 Å². The Morgan fingerprint density at radius 2 is 2.00 bits per heavy atom. The summed E-state index contributed by atoms with van der Waals surface area (Å²) in [5, 5.41) is 13.0. The maximum absolute atomic E-state index is 13.2. The van der Waals surface area contributed by atoms with E-state index in [1.165, 1.54) is 0 Å². The van der Waals surface area contributed by atoms with Crippen LogP contribution in [0.5, 0.6) is 0 Å². The van der Waals surface area contributed by atoms with Crippen molar-refractivity contribution in [3.05, 3.63) is 34.1 Å². The van der Waals surface area contributed by atoms with Crippen molar-refractivity contribution in [3.8, 4) is 0 Å².